The fraction of sp³-hybridized carbons (Fsp3) is 0.586. The number of amides is 3. The van der Waals surface area contributed by atoms with Gasteiger partial charge in [-0.15, -0.1) is 0 Å². The third-order valence-corrected chi connectivity index (χ3v) is 6.47. The van der Waals surface area contributed by atoms with Crippen LogP contribution in [0.5, 0.6) is 11.5 Å². The molecule has 1 aromatic carbocycles. The van der Waals surface area contributed by atoms with Gasteiger partial charge < -0.3 is 19.5 Å². The molecule has 0 spiro atoms. The summed E-state index contributed by atoms with van der Waals surface area (Å²) in [5.74, 6) is -0.255. The molecule has 0 bridgehead atoms. The van der Waals surface area contributed by atoms with Crippen LogP contribution in [-0.4, -0.2) is 54.6 Å². The lowest BCUT2D eigenvalue weighted by atomic mass is 9.81. The van der Waals surface area contributed by atoms with Crippen molar-refractivity contribution in [3.8, 4) is 11.5 Å². The number of urea groups is 1. The third-order valence-electron chi connectivity index (χ3n) is 6.47. The van der Waals surface area contributed by atoms with Gasteiger partial charge in [0.2, 0.25) is 5.91 Å². The Labute approximate surface area is 225 Å². The first kappa shape index (κ1) is 30.9. The number of rotatable bonds is 14. The number of esters is 2. The van der Waals surface area contributed by atoms with E-state index < -0.39 is 5.97 Å². The maximum absolute atomic E-state index is 13.0. The number of nitrogens with zero attached hydrogens (tertiary/aromatic N) is 1. The van der Waals surface area contributed by atoms with Crippen molar-refractivity contribution in [2.45, 2.75) is 78.2 Å². The lowest BCUT2D eigenvalue weighted by molar-refractivity contribution is -0.143. The number of benzene rings is 1. The molecule has 0 saturated heterocycles. The standard InChI is InChI=1S/C29H42N2O7/c1-5-26(32)37-20-10-8-7-9-19-36-24-15-17-25(18-16-24)38-28(34)23-13-11-22(12-14-23)27(33)31(21(3)4)29(35)30-6-2/h5,15-18,21-23H,1,6-14,19-20H2,2-4H3,(H,30,35). The summed E-state index contributed by atoms with van der Waals surface area (Å²) in [4.78, 5) is 50.2. The van der Waals surface area contributed by atoms with Gasteiger partial charge in [0.15, 0.2) is 0 Å². The van der Waals surface area contributed by atoms with E-state index in [1.54, 1.807) is 24.3 Å². The van der Waals surface area contributed by atoms with Gasteiger partial charge in [0.1, 0.15) is 11.5 Å². The van der Waals surface area contributed by atoms with E-state index in [-0.39, 0.29) is 35.8 Å². The van der Waals surface area contributed by atoms with Crippen LogP contribution in [-0.2, 0) is 19.1 Å². The molecule has 0 aliphatic heterocycles. The predicted molar refractivity (Wildman–Crippen MR) is 144 cm³/mol. The Bertz CT molecular complexity index is 921. The summed E-state index contributed by atoms with van der Waals surface area (Å²) < 4.78 is 16.3. The molecule has 38 heavy (non-hydrogen) atoms. The number of carbonyl (C=O) groups is 4. The minimum atomic E-state index is -0.394. The quantitative estimate of drug-likeness (QED) is 0.155. The van der Waals surface area contributed by atoms with Gasteiger partial charge in [0, 0.05) is 24.6 Å². The van der Waals surface area contributed by atoms with Crippen LogP contribution in [0.4, 0.5) is 4.79 Å². The van der Waals surface area contributed by atoms with Crippen LogP contribution in [0.25, 0.3) is 0 Å². The summed E-state index contributed by atoms with van der Waals surface area (Å²) in [5, 5.41) is 2.70. The van der Waals surface area contributed by atoms with E-state index in [0.717, 1.165) is 31.8 Å². The highest BCUT2D eigenvalue weighted by Crippen LogP contribution is 2.32. The largest absolute Gasteiger partial charge is 0.494 e. The van der Waals surface area contributed by atoms with E-state index in [1.165, 1.54) is 4.90 Å². The van der Waals surface area contributed by atoms with Crippen LogP contribution in [0.15, 0.2) is 36.9 Å². The van der Waals surface area contributed by atoms with E-state index in [9.17, 15) is 19.2 Å². The summed E-state index contributed by atoms with van der Waals surface area (Å²) in [6.45, 7) is 10.2. The number of carbonyl (C=O) groups excluding carboxylic acids is 4. The van der Waals surface area contributed by atoms with Crippen molar-refractivity contribution < 1.29 is 33.4 Å². The molecule has 0 heterocycles. The van der Waals surface area contributed by atoms with Gasteiger partial charge in [-0.1, -0.05) is 6.58 Å². The molecule has 0 aromatic heterocycles. The number of nitrogens with one attached hydrogen (secondary N) is 1. The minimum Gasteiger partial charge on any atom is -0.494 e. The molecular formula is C29H42N2O7. The summed E-state index contributed by atoms with van der Waals surface area (Å²) in [6.07, 6.45) is 6.97. The van der Waals surface area contributed by atoms with Gasteiger partial charge in [-0.05, 0) is 96.4 Å². The Morgan fingerprint density at radius 1 is 0.947 bits per heavy atom. The van der Waals surface area contributed by atoms with Crippen molar-refractivity contribution in [3.05, 3.63) is 36.9 Å². The first-order valence-electron chi connectivity index (χ1n) is 13.6. The topological polar surface area (TPSA) is 111 Å². The highest BCUT2D eigenvalue weighted by Gasteiger charge is 2.35. The van der Waals surface area contributed by atoms with Crippen LogP contribution in [0, 0.1) is 11.8 Å². The van der Waals surface area contributed by atoms with Crippen LogP contribution in [0.1, 0.15) is 72.1 Å². The molecule has 1 aliphatic rings. The molecule has 1 N–H and O–H groups in total. The van der Waals surface area contributed by atoms with E-state index in [0.29, 0.717) is 56.9 Å². The zero-order valence-corrected chi connectivity index (χ0v) is 22.9. The molecule has 0 unspecified atom stereocenters. The second kappa shape index (κ2) is 16.5. The molecule has 9 nitrogen and oxygen atoms in total. The normalized spacial score (nSPS) is 16.8. The van der Waals surface area contributed by atoms with E-state index in [1.807, 2.05) is 20.8 Å². The van der Waals surface area contributed by atoms with Crippen molar-refractivity contribution >= 4 is 23.9 Å². The fourth-order valence-electron chi connectivity index (χ4n) is 4.38. The van der Waals surface area contributed by atoms with Crippen LogP contribution >= 0.6 is 0 Å². The number of unbranched alkanes of at least 4 members (excludes halogenated alkanes) is 3. The molecular weight excluding hydrogens is 488 g/mol. The average molecular weight is 531 g/mol. The first-order chi connectivity index (χ1) is 18.3. The monoisotopic (exact) mass is 530 g/mol. The van der Waals surface area contributed by atoms with Gasteiger partial charge in [-0.25, -0.2) is 9.59 Å². The van der Waals surface area contributed by atoms with Gasteiger partial charge >= 0.3 is 18.0 Å². The van der Waals surface area contributed by atoms with Crippen molar-refractivity contribution in [1.29, 1.82) is 0 Å². The zero-order chi connectivity index (χ0) is 27.9. The predicted octanol–water partition coefficient (Wildman–Crippen LogP) is 5.03. The highest BCUT2D eigenvalue weighted by atomic mass is 16.5. The summed E-state index contributed by atoms with van der Waals surface area (Å²) in [5.41, 5.74) is 0. The van der Waals surface area contributed by atoms with Crippen LogP contribution < -0.4 is 14.8 Å². The van der Waals surface area contributed by atoms with Crippen LogP contribution in [0.2, 0.25) is 0 Å². The van der Waals surface area contributed by atoms with Gasteiger partial charge in [-0.3, -0.25) is 14.5 Å². The van der Waals surface area contributed by atoms with Gasteiger partial charge in [0.05, 0.1) is 19.1 Å². The minimum absolute atomic E-state index is 0.178. The number of hydrogen-bond donors (Lipinski definition) is 1. The molecule has 1 fully saturated rings. The highest BCUT2D eigenvalue weighted by molar-refractivity contribution is 5.96. The molecule has 9 heteroatoms. The van der Waals surface area contributed by atoms with Gasteiger partial charge in [0.25, 0.3) is 0 Å². The maximum Gasteiger partial charge on any atom is 0.330 e. The van der Waals surface area contributed by atoms with E-state index >= 15 is 0 Å². The molecule has 0 atom stereocenters. The summed E-state index contributed by atoms with van der Waals surface area (Å²) in [6, 6.07) is 6.37. The smallest absolute Gasteiger partial charge is 0.330 e. The molecule has 1 aromatic rings. The zero-order valence-electron chi connectivity index (χ0n) is 22.9. The molecule has 0 radical (unpaired) electrons. The first-order valence-corrected chi connectivity index (χ1v) is 13.6. The van der Waals surface area contributed by atoms with Crippen molar-refractivity contribution in [2.24, 2.45) is 11.8 Å². The third kappa shape index (κ3) is 10.2. The lowest BCUT2D eigenvalue weighted by Gasteiger charge is -2.32. The number of imide groups is 1. The van der Waals surface area contributed by atoms with Gasteiger partial charge in [-0.2, -0.15) is 0 Å². The SMILES string of the molecule is C=CC(=O)OCCCCCCOc1ccc(OC(=O)C2CCC(C(=O)N(C(=O)NCC)C(C)C)CC2)cc1. The average Bonchev–Trinajstić information content (AvgIpc) is 2.91. The molecule has 3 amide bonds. The Hall–Kier alpha value is -3.36. The molecule has 210 valence electrons. The fourth-order valence-corrected chi connectivity index (χ4v) is 4.38. The second-order valence-electron chi connectivity index (χ2n) is 9.71. The Morgan fingerprint density at radius 3 is 2.11 bits per heavy atom. The van der Waals surface area contributed by atoms with Crippen molar-refractivity contribution in [3.63, 3.8) is 0 Å². The Morgan fingerprint density at radius 2 is 1.53 bits per heavy atom. The molecule has 1 saturated carbocycles. The van der Waals surface area contributed by atoms with E-state index in [2.05, 4.69) is 11.9 Å². The summed E-state index contributed by atoms with van der Waals surface area (Å²) in [7, 11) is 0. The number of ether oxygens (including phenoxy) is 3. The number of hydrogen-bond acceptors (Lipinski definition) is 7. The van der Waals surface area contributed by atoms with Crippen LogP contribution in [0.3, 0.4) is 0 Å². The molecule has 2 rings (SSSR count). The second-order valence-corrected chi connectivity index (χ2v) is 9.71. The molecule has 1 aliphatic carbocycles. The summed E-state index contributed by atoms with van der Waals surface area (Å²) >= 11 is 0. The Balaban J connectivity index is 1.69. The Kier molecular flexibility index (Phi) is 13.4. The van der Waals surface area contributed by atoms with Crippen molar-refractivity contribution in [2.75, 3.05) is 19.8 Å². The van der Waals surface area contributed by atoms with E-state index in [4.69, 9.17) is 14.2 Å². The van der Waals surface area contributed by atoms with Crippen molar-refractivity contribution in [1.82, 2.24) is 10.2 Å². The maximum atomic E-state index is 13.0. The lowest BCUT2D eigenvalue weighted by Crippen LogP contribution is -2.50.